The summed E-state index contributed by atoms with van der Waals surface area (Å²) in [5.74, 6) is -0.881. The highest BCUT2D eigenvalue weighted by atomic mass is 19.1. The van der Waals surface area contributed by atoms with Crippen molar-refractivity contribution in [2.75, 3.05) is 0 Å². The zero-order valence-electron chi connectivity index (χ0n) is 13.7. The van der Waals surface area contributed by atoms with Crippen molar-refractivity contribution in [3.63, 3.8) is 0 Å². The van der Waals surface area contributed by atoms with Gasteiger partial charge in [-0.25, -0.2) is 18.7 Å². The van der Waals surface area contributed by atoms with Crippen LogP contribution in [0.3, 0.4) is 0 Å². The minimum Gasteiger partial charge on any atom is -0.228 e. The molecule has 0 bridgehead atoms. The number of rotatable bonds is 3. The molecule has 0 amide bonds. The summed E-state index contributed by atoms with van der Waals surface area (Å²) in [6, 6.07) is 24.3. The molecular weight excluding hydrogens is 330 g/mol. The van der Waals surface area contributed by atoms with E-state index in [1.165, 1.54) is 18.2 Å². The van der Waals surface area contributed by atoms with Gasteiger partial charge in [-0.3, -0.25) is 0 Å². The third-order valence-corrected chi connectivity index (χ3v) is 4.05. The van der Waals surface area contributed by atoms with Crippen LogP contribution in [0.15, 0.2) is 84.9 Å². The predicted molar refractivity (Wildman–Crippen MR) is 98.3 cm³/mol. The average Bonchev–Trinajstić information content (AvgIpc) is 2.69. The largest absolute Gasteiger partial charge is 0.228 e. The first-order chi connectivity index (χ1) is 12.7. The lowest BCUT2D eigenvalue weighted by Crippen LogP contribution is -1.98. The normalized spacial score (nSPS) is 10.7. The minimum absolute atomic E-state index is 0.149. The van der Waals surface area contributed by atoms with Gasteiger partial charge in [0.25, 0.3) is 0 Å². The Bertz CT molecular complexity index is 970. The van der Waals surface area contributed by atoms with Gasteiger partial charge in [-0.15, -0.1) is 0 Å². The summed E-state index contributed by atoms with van der Waals surface area (Å²) in [4.78, 5) is 9.03. The lowest BCUT2D eigenvalue weighted by molar-refractivity contribution is 0.588. The van der Waals surface area contributed by atoms with Crippen molar-refractivity contribution in [3.05, 3.63) is 96.6 Å². The van der Waals surface area contributed by atoms with Gasteiger partial charge in [-0.05, 0) is 18.2 Å². The highest BCUT2D eigenvalue weighted by Crippen LogP contribution is 2.30. The average molecular weight is 344 g/mol. The van der Waals surface area contributed by atoms with E-state index in [4.69, 9.17) is 0 Å². The molecule has 26 heavy (non-hydrogen) atoms. The summed E-state index contributed by atoms with van der Waals surface area (Å²) in [7, 11) is 0. The van der Waals surface area contributed by atoms with Crippen LogP contribution in [0.1, 0.15) is 0 Å². The zero-order valence-corrected chi connectivity index (χ0v) is 13.7. The van der Waals surface area contributed by atoms with Crippen LogP contribution < -0.4 is 0 Å². The van der Waals surface area contributed by atoms with Crippen LogP contribution in [0, 0.1) is 11.6 Å². The molecule has 3 aromatic carbocycles. The van der Waals surface area contributed by atoms with E-state index in [2.05, 4.69) is 9.97 Å². The smallest absolute Gasteiger partial charge is 0.160 e. The first kappa shape index (κ1) is 16.1. The molecule has 1 heterocycles. The molecule has 0 unspecified atom stereocenters. The second kappa shape index (κ2) is 6.84. The fraction of sp³-hybridized carbons (Fsp3) is 0. The quantitative estimate of drug-likeness (QED) is 0.472. The lowest BCUT2D eigenvalue weighted by atomic mass is 10.1. The zero-order chi connectivity index (χ0) is 17.9. The van der Waals surface area contributed by atoms with Crippen LogP contribution >= 0.6 is 0 Å². The van der Waals surface area contributed by atoms with Gasteiger partial charge in [-0.2, -0.15) is 0 Å². The third-order valence-electron chi connectivity index (χ3n) is 4.05. The predicted octanol–water partition coefficient (Wildman–Crippen LogP) is 5.76. The van der Waals surface area contributed by atoms with Gasteiger partial charge in [0, 0.05) is 11.1 Å². The third kappa shape index (κ3) is 3.09. The molecule has 0 N–H and O–H groups in total. The Morgan fingerprint density at radius 3 is 1.69 bits per heavy atom. The Labute approximate surface area is 149 Å². The first-order valence-electron chi connectivity index (χ1n) is 8.17. The summed E-state index contributed by atoms with van der Waals surface area (Å²) < 4.78 is 28.6. The highest BCUT2D eigenvalue weighted by Gasteiger charge is 2.16. The van der Waals surface area contributed by atoms with Crippen LogP contribution in [0.4, 0.5) is 8.78 Å². The molecule has 0 radical (unpaired) electrons. The van der Waals surface area contributed by atoms with Crippen LogP contribution in [0.2, 0.25) is 0 Å². The van der Waals surface area contributed by atoms with Crippen LogP contribution in [0.5, 0.6) is 0 Å². The van der Waals surface area contributed by atoms with E-state index in [1.807, 2.05) is 60.7 Å². The van der Waals surface area contributed by atoms with E-state index in [0.717, 1.165) is 11.1 Å². The van der Waals surface area contributed by atoms with Crippen molar-refractivity contribution in [3.8, 4) is 33.9 Å². The van der Waals surface area contributed by atoms with Crippen LogP contribution in [-0.2, 0) is 0 Å². The molecule has 0 atom stereocenters. The summed E-state index contributed by atoms with van der Waals surface area (Å²) in [5.41, 5.74) is 2.31. The van der Waals surface area contributed by atoms with Crippen LogP contribution in [0.25, 0.3) is 33.9 Å². The van der Waals surface area contributed by atoms with Gasteiger partial charge in [0.15, 0.2) is 5.82 Å². The van der Waals surface area contributed by atoms with Crippen molar-refractivity contribution in [1.29, 1.82) is 0 Å². The summed E-state index contributed by atoms with van der Waals surface area (Å²) in [6.07, 6.45) is 0. The molecule has 4 heteroatoms. The Balaban J connectivity index is 1.97. The van der Waals surface area contributed by atoms with Gasteiger partial charge in [0.2, 0.25) is 0 Å². The topological polar surface area (TPSA) is 25.8 Å². The summed E-state index contributed by atoms with van der Waals surface area (Å²) in [5, 5.41) is 0. The lowest BCUT2D eigenvalue weighted by Gasteiger charge is -2.10. The molecule has 1 aromatic heterocycles. The fourth-order valence-electron chi connectivity index (χ4n) is 2.79. The number of nitrogens with zero attached hydrogens (tertiary/aromatic N) is 2. The van der Waals surface area contributed by atoms with Crippen molar-refractivity contribution < 1.29 is 8.78 Å². The van der Waals surface area contributed by atoms with E-state index in [-0.39, 0.29) is 11.3 Å². The molecular formula is C22H14F2N2. The molecule has 4 rings (SSSR count). The standard InChI is InChI=1S/C22H14F2N2/c23-17-12-7-13-18(24)21(17)20-14-19(15-8-3-1-4-9-15)25-22(26-20)16-10-5-2-6-11-16/h1-14H. The maximum Gasteiger partial charge on any atom is 0.160 e. The van der Waals surface area contributed by atoms with Crippen molar-refractivity contribution >= 4 is 0 Å². The molecule has 0 saturated carbocycles. The fourth-order valence-corrected chi connectivity index (χ4v) is 2.79. The molecule has 126 valence electrons. The van der Waals surface area contributed by atoms with E-state index in [1.54, 1.807) is 6.07 Å². The van der Waals surface area contributed by atoms with Gasteiger partial charge in [0.05, 0.1) is 17.0 Å². The number of benzene rings is 3. The van der Waals surface area contributed by atoms with E-state index in [9.17, 15) is 8.78 Å². The van der Waals surface area contributed by atoms with Gasteiger partial charge < -0.3 is 0 Å². The Morgan fingerprint density at radius 1 is 0.538 bits per heavy atom. The summed E-state index contributed by atoms with van der Waals surface area (Å²) in [6.45, 7) is 0. The van der Waals surface area contributed by atoms with Gasteiger partial charge in [-0.1, -0.05) is 66.7 Å². The first-order valence-corrected chi connectivity index (χ1v) is 8.17. The highest BCUT2D eigenvalue weighted by molar-refractivity contribution is 5.72. The number of hydrogen-bond acceptors (Lipinski definition) is 2. The molecule has 0 fully saturated rings. The van der Waals surface area contributed by atoms with Crippen molar-refractivity contribution in [1.82, 2.24) is 9.97 Å². The molecule has 2 nitrogen and oxygen atoms in total. The number of halogens is 2. The monoisotopic (exact) mass is 344 g/mol. The molecule has 4 aromatic rings. The maximum absolute atomic E-state index is 14.3. The minimum atomic E-state index is -0.651. The maximum atomic E-state index is 14.3. The van der Waals surface area contributed by atoms with Gasteiger partial charge in [0.1, 0.15) is 11.6 Å². The van der Waals surface area contributed by atoms with E-state index < -0.39 is 11.6 Å². The molecule has 0 spiro atoms. The molecule has 0 aliphatic carbocycles. The Morgan fingerprint density at radius 2 is 1.08 bits per heavy atom. The molecule has 0 saturated heterocycles. The SMILES string of the molecule is Fc1cccc(F)c1-c1cc(-c2ccccc2)nc(-c2ccccc2)n1. The molecule has 0 aliphatic rings. The van der Waals surface area contributed by atoms with E-state index in [0.29, 0.717) is 11.5 Å². The van der Waals surface area contributed by atoms with Crippen molar-refractivity contribution in [2.24, 2.45) is 0 Å². The van der Waals surface area contributed by atoms with Crippen molar-refractivity contribution in [2.45, 2.75) is 0 Å². The Kier molecular flexibility index (Phi) is 4.23. The van der Waals surface area contributed by atoms with Gasteiger partial charge >= 0.3 is 0 Å². The second-order valence-electron chi connectivity index (χ2n) is 5.79. The van der Waals surface area contributed by atoms with Crippen LogP contribution in [-0.4, -0.2) is 9.97 Å². The second-order valence-corrected chi connectivity index (χ2v) is 5.79. The molecule has 0 aliphatic heterocycles. The van der Waals surface area contributed by atoms with E-state index >= 15 is 0 Å². The summed E-state index contributed by atoms with van der Waals surface area (Å²) >= 11 is 0. The number of hydrogen-bond donors (Lipinski definition) is 0. The number of aromatic nitrogens is 2. The Hall–Kier alpha value is -3.40.